The smallest absolute Gasteiger partial charge is 0.0564 e. The summed E-state index contributed by atoms with van der Waals surface area (Å²) < 4.78 is 13.4. The third-order valence-electron chi connectivity index (χ3n) is 3.21. The fourth-order valence-electron chi connectivity index (χ4n) is 2.30. The number of hydrogen-bond donors (Lipinski definition) is 1. The molecule has 0 aliphatic heterocycles. The molecule has 3 unspecified atom stereocenters. The lowest BCUT2D eigenvalue weighted by Crippen LogP contribution is -2.26. The first-order chi connectivity index (χ1) is 7.72. The average Bonchev–Trinajstić information content (AvgIpc) is 2.77. The first kappa shape index (κ1) is 12.3. The topological polar surface area (TPSA) is 43.1 Å². The summed E-state index contributed by atoms with van der Waals surface area (Å²) in [5.41, 5.74) is 5.72. The molecule has 1 aliphatic carbocycles. The summed E-state index contributed by atoms with van der Waals surface area (Å²) in [5.74, 6) is 0.435. The molecular weight excluding hydrogens is 286 g/mol. The Bertz CT molecular complexity index is 379. The highest BCUT2D eigenvalue weighted by atomic mass is 79.9. The number of benzene rings is 1. The van der Waals surface area contributed by atoms with Gasteiger partial charge in [0.2, 0.25) is 0 Å². The Hall–Kier alpha value is -0.190. The van der Waals surface area contributed by atoms with E-state index in [2.05, 4.69) is 15.9 Å². The molecule has 2 rings (SSSR count). The third kappa shape index (κ3) is 2.55. The molecule has 0 aromatic heterocycles. The molecule has 1 fully saturated rings. The minimum atomic E-state index is -0.898. The van der Waals surface area contributed by atoms with Gasteiger partial charge in [0.1, 0.15) is 0 Å². The van der Waals surface area contributed by atoms with Crippen molar-refractivity contribution in [2.75, 3.05) is 6.54 Å². The van der Waals surface area contributed by atoms with E-state index in [0.717, 1.165) is 28.6 Å². The highest BCUT2D eigenvalue weighted by molar-refractivity contribution is 9.10. The van der Waals surface area contributed by atoms with Crippen LogP contribution in [0.4, 0.5) is 0 Å². The molecule has 1 aliphatic rings. The molecule has 2 nitrogen and oxygen atoms in total. The van der Waals surface area contributed by atoms with Crippen LogP contribution in [0.3, 0.4) is 0 Å². The van der Waals surface area contributed by atoms with Crippen LogP contribution >= 0.6 is 15.9 Å². The number of nitrogens with two attached hydrogens (primary N) is 1. The molecule has 0 radical (unpaired) electrons. The molecule has 1 aromatic rings. The van der Waals surface area contributed by atoms with Gasteiger partial charge in [-0.25, -0.2) is 0 Å². The van der Waals surface area contributed by atoms with Gasteiger partial charge in [-0.2, -0.15) is 0 Å². The first-order valence-corrected chi connectivity index (χ1v) is 7.59. The summed E-state index contributed by atoms with van der Waals surface area (Å²) in [4.78, 5) is 0.925. The van der Waals surface area contributed by atoms with Gasteiger partial charge in [-0.1, -0.05) is 22.4 Å². The van der Waals surface area contributed by atoms with Crippen LogP contribution in [0.2, 0.25) is 0 Å². The van der Waals surface area contributed by atoms with Gasteiger partial charge in [0.25, 0.3) is 0 Å². The second-order valence-corrected chi connectivity index (χ2v) is 6.80. The molecule has 1 saturated carbocycles. The fraction of sp³-hybridized carbons (Fsp3) is 0.500. The van der Waals surface area contributed by atoms with Gasteiger partial charge in [-0.15, -0.1) is 0 Å². The zero-order valence-electron chi connectivity index (χ0n) is 9.06. The predicted molar refractivity (Wildman–Crippen MR) is 70.7 cm³/mol. The van der Waals surface area contributed by atoms with Crippen LogP contribution in [0.15, 0.2) is 33.6 Å². The van der Waals surface area contributed by atoms with Crippen LogP contribution in [0.5, 0.6) is 0 Å². The molecular formula is C12H16BrNOS. The van der Waals surface area contributed by atoms with Crippen molar-refractivity contribution in [2.45, 2.75) is 29.4 Å². The van der Waals surface area contributed by atoms with Crippen molar-refractivity contribution in [3.63, 3.8) is 0 Å². The van der Waals surface area contributed by atoms with Gasteiger partial charge in [0.05, 0.1) is 10.8 Å². The maximum Gasteiger partial charge on any atom is 0.0564 e. The minimum Gasteiger partial charge on any atom is -0.330 e. The van der Waals surface area contributed by atoms with Gasteiger partial charge in [-0.05, 0) is 49.6 Å². The van der Waals surface area contributed by atoms with E-state index in [-0.39, 0.29) is 5.25 Å². The van der Waals surface area contributed by atoms with Crippen LogP contribution in [-0.4, -0.2) is 16.0 Å². The fourth-order valence-corrected chi connectivity index (χ4v) is 4.29. The van der Waals surface area contributed by atoms with Crippen molar-refractivity contribution in [3.8, 4) is 0 Å². The van der Waals surface area contributed by atoms with Crippen LogP contribution < -0.4 is 5.73 Å². The summed E-state index contributed by atoms with van der Waals surface area (Å²) in [7, 11) is -0.898. The Balaban J connectivity index is 2.15. The zero-order chi connectivity index (χ0) is 11.5. The summed E-state index contributed by atoms with van der Waals surface area (Å²) in [6, 6.07) is 7.76. The van der Waals surface area contributed by atoms with Crippen LogP contribution in [0, 0.1) is 5.92 Å². The quantitative estimate of drug-likeness (QED) is 0.933. The zero-order valence-corrected chi connectivity index (χ0v) is 11.5. The van der Waals surface area contributed by atoms with E-state index in [9.17, 15) is 4.21 Å². The second kappa shape index (κ2) is 5.43. The normalized spacial score (nSPS) is 26.9. The summed E-state index contributed by atoms with van der Waals surface area (Å²) >= 11 is 3.38. The van der Waals surface area contributed by atoms with E-state index < -0.39 is 10.8 Å². The molecule has 1 aromatic carbocycles. The maximum atomic E-state index is 12.4. The van der Waals surface area contributed by atoms with E-state index in [1.54, 1.807) is 0 Å². The lowest BCUT2D eigenvalue weighted by atomic mass is 10.1. The highest BCUT2D eigenvalue weighted by Gasteiger charge is 2.31. The molecule has 0 amide bonds. The van der Waals surface area contributed by atoms with Crippen LogP contribution in [-0.2, 0) is 10.8 Å². The molecule has 4 heteroatoms. The van der Waals surface area contributed by atoms with Gasteiger partial charge < -0.3 is 5.73 Å². The van der Waals surface area contributed by atoms with Crippen molar-refractivity contribution < 1.29 is 4.21 Å². The minimum absolute atomic E-state index is 0.256. The number of hydrogen-bond acceptors (Lipinski definition) is 2. The molecule has 2 N–H and O–H groups in total. The van der Waals surface area contributed by atoms with E-state index in [1.165, 1.54) is 0 Å². The molecule has 16 heavy (non-hydrogen) atoms. The van der Waals surface area contributed by atoms with Gasteiger partial charge in [0, 0.05) is 14.6 Å². The largest absolute Gasteiger partial charge is 0.330 e. The van der Waals surface area contributed by atoms with E-state index in [0.29, 0.717) is 12.5 Å². The standard InChI is InChI=1S/C12H16BrNOS/c13-10-4-6-11(7-5-10)16(15)12-3-1-2-9(12)8-14/h4-7,9,12H,1-3,8,14H2. The Morgan fingerprint density at radius 1 is 1.31 bits per heavy atom. The van der Waals surface area contributed by atoms with Gasteiger partial charge in [-0.3, -0.25) is 4.21 Å². The monoisotopic (exact) mass is 301 g/mol. The second-order valence-electron chi connectivity index (χ2n) is 4.22. The Morgan fingerprint density at radius 2 is 2.00 bits per heavy atom. The lowest BCUT2D eigenvalue weighted by molar-refractivity contribution is 0.557. The van der Waals surface area contributed by atoms with E-state index >= 15 is 0 Å². The molecule has 0 saturated heterocycles. The lowest BCUT2D eigenvalue weighted by Gasteiger charge is -2.17. The van der Waals surface area contributed by atoms with Crippen molar-refractivity contribution in [1.82, 2.24) is 0 Å². The highest BCUT2D eigenvalue weighted by Crippen LogP contribution is 2.31. The Labute approximate surface area is 107 Å². The SMILES string of the molecule is NCC1CCCC1S(=O)c1ccc(Br)cc1. The number of rotatable bonds is 3. The van der Waals surface area contributed by atoms with Crippen LogP contribution in [0.25, 0.3) is 0 Å². The maximum absolute atomic E-state index is 12.4. The average molecular weight is 302 g/mol. The molecule has 0 spiro atoms. The van der Waals surface area contributed by atoms with Crippen LogP contribution in [0.1, 0.15) is 19.3 Å². The number of halogens is 1. The Kier molecular flexibility index (Phi) is 4.16. The third-order valence-corrected chi connectivity index (χ3v) is 5.65. The van der Waals surface area contributed by atoms with Crippen molar-refractivity contribution in [3.05, 3.63) is 28.7 Å². The summed E-state index contributed by atoms with van der Waals surface area (Å²) in [5, 5.41) is 0.256. The molecule has 0 bridgehead atoms. The molecule has 0 heterocycles. The van der Waals surface area contributed by atoms with Gasteiger partial charge >= 0.3 is 0 Å². The van der Waals surface area contributed by atoms with Crippen molar-refractivity contribution >= 4 is 26.7 Å². The van der Waals surface area contributed by atoms with Gasteiger partial charge in [0.15, 0.2) is 0 Å². The predicted octanol–water partition coefficient (Wildman–Crippen LogP) is 2.68. The first-order valence-electron chi connectivity index (χ1n) is 5.58. The Morgan fingerprint density at radius 3 is 2.62 bits per heavy atom. The molecule has 3 atom stereocenters. The van der Waals surface area contributed by atoms with E-state index in [1.807, 2.05) is 24.3 Å². The summed E-state index contributed by atoms with van der Waals surface area (Å²) in [6.45, 7) is 0.660. The summed E-state index contributed by atoms with van der Waals surface area (Å²) in [6.07, 6.45) is 3.34. The molecule has 88 valence electrons. The van der Waals surface area contributed by atoms with Crippen molar-refractivity contribution in [1.29, 1.82) is 0 Å². The van der Waals surface area contributed by atoms with Crippen molar-refractivity contribution in [2.24, 2.45) is 11.7 Å². The van der Waals surface area contributed by atoms with E-state index in [4.69, 9.17) is 5.73 Å².